The van der Waals surface area contributed by atoms with Crippen molar-refractivity contribution >= 4 is 11.8 Å². The monoisotopic (exact) mass is 405 g/mol. The van der Waals surface area contributed by atoms with Gasteiger partial charge in [-0.05, 0) is 61.1 Å². The Balaban J connectivity index is 1.66. The summed E-state index contributed by atoms with van der Waals surface area (Å²) in [6.07, 6.45) is 8.35. The van der Waals surface area contributed by atoms with Crippen LogP contribution in [0.2, 0.25) is 0 Å². The van der Waals surface area contributed by atoms with Crippen molar-refractivity contribution in [3.05, 3.63) is 59.2 Å². The molecule has 0 fully saturated rings. The number of benzene rings is 2. The van der Waals surface area contributed by atoms with Crippen molar-refractivity contribution < 1.29 is 18.9 Å². The molecule has 5 rings (SSSR count). The van der Waals surface area contributed by atoms with E-state index >= 15 is 0 Å². The van der Waals surface area contributed by atoms with Crippen LogP contribution in [0.1, 0.15) is 47.6 Å². The summed E-state index contributed by atoms with van der Waals surface area (Å²) >= 11 is 0. The number of allylic oxidation sites excluding steroid dienone is 1. The van der Waals surface area contributed by atoms with E-state index < -0.39 is 0 Å². The van der Waals surface area contributed by atoms with E-state index in [1.807, 2.05) is 12.1 Å². The molecule has 0 radical (unpaired) electrons. The second-order valence-electron chi connectivity index (χ2n) is 7.87. The third-order valence-electron chi connectivity index (χ3n) is 6.31. The van der Waals surface area contributed by atoms with Crippen LogP contribution in [0.3, 0.4) is 0 Å². The third kappa shape index (κ3) is 2.92. The molecule has 0 aliphatic carbocycles. The zero-order valence-electron chi connectivity index (χ0n) is 17.6. The number of fused-ring (bicyclic) bond motifs is 5. The van der Waals surface area contributed by atoms with Gasteiger partial charge in [0.15, 0.2) is 23.0 Å². The molecule has 2 aromatic rings. The van der Waals surface area contributed by atoms with Gasteiger partial charge in [-0.3, -0.25) is 0 Å². The van der Waals surface area contributed by atoms with Crippen LogP contribution in [0.25, 0.3) is 11.8 Å². The second-order valence-corrected chi connectivity index (χ2v) is 7.87. The number of methoxy groups -OCH3 is 2. The average Bonchev–Trinajstić information content (AvgIpc) is 3.23. The Labute approximate surface area is 177 Å². The van der Waals surface area contributed by atoms with Crippen LogP contribution in [0, 0.1) is 0 Å². The maximum absolute atomic E-state index is 5.84. The molecule has 0 bridgehead atoms. The van der Waals surface area contributed by atoms with E-state index in [0.717, 1.165) is 55.2 Å². The van der Waals surface area contributed by atoms with Crippen LogP contribution in [0.15, 0.2) is 36.9 Å². The predicted octanol–water partition coefficient (Wildman–Crippen LogP) is 5.20. The van der Waals surface area contributed by atoms with Crippen molar-refractivity contribution in [1.82, 2.24) is 4.90 Å². The van der Waals surface area contributed by atoms with Crippen LogP contribution in [-0.4, -0.2) is 32.5 Å². The SMILES string of the molecule is C=CCCCC1c2c(ccc(OC)c2OC)C=C2c3cc4c(cc3CCN21)OCO4. The van der Waals surface area contributed by atoms with Crippen molar-refractivity contribution in [2.75, 3.05) is 27.6 Å². The molecule has 156 valence electrons. The third-order valence-corrected chi connectivity index (χ3v) is 6.31. The predicted molar refractivity (Wildman–Crippen MR) is 117 cm³/mol. The minimum Gasteiger partial charge on any atom is -0.493 e. The van der Waals surface area contributed by atoms with Gasteiger partial charge in [0.1, 0.15) is 0 Å². The molecule has 0 saturated heterocycles. The molecule has 1 atom stereocenters. The molecule has 0 N–H and O–H groups in total. The maximum Gasteiger partial charge on any atom is 0.231 e. The van der Waals surface area contributed by atoms with Crippen LogP contribution in [0.5, 0.6) is 23.0 Å². The maximum atomic E-state index is 5.84. The summed E-state index contributed by atoms with van der Waals surface area (Å²) < 4.78 is 22.7. The van der Waals surface area contributed by atoms with Crippen LogP contribution in [-0.2, 0) is 6.42 Å². The molecular weight excluding hydrogens is 378 g/mol. The zero-order chi connectivity index (χ0) is 20.7. The highest BCUT2D eigenvalue weighted by Gasteiger charge is 2.36. The van der Waals surface area contributed by atoms with Gasteiger partial charge in [-0.15, -0.1) is 6.58 Å². The summed E-state index contributed by atoms with van der Waals surface area (Å²) in [7, 11) is 3.42. The number of rotatable bonds is 6. The lowest BCUT2D eigenvalue weighted by molar-refractivity contribution is 0.174. The number of ether oxygens (including phenoxy) is 4. The fraction of sp³-hybridized carbons (Fsp3) is 0.360. The zero-order valence-corrected chi connectivity index (χ0v) is 17.6. The van der Waals surface area contributed by atoms with Gasteiger partial charge >= 0.3 is 0 Å². The fourth-order valence-electron chi connectivity index (χ4n) is 4.92. The number of hydrogen-bond donors (Lipinski definition) is 0. The van der Waals surface area contributed by atoms with Crippen molar-refractivity contribution in [1.29, 1.82) is 0 Å². The lowest BCUT2D eigenvalue weighted by atomic mass is 9.84. The standard InChI is InChI=1S/C25H27NO4/c1-4-5-6-7-19-24-17(8-9-21(27-2)25(24)28-3)12-20-18-14-23-22(29-15-30-23)13-16(18)10-11-26(19)20/h4,8-9,12-14,19H,1,5-7,10-11,15H2,2-3H3. The summed E-state index contributed by atoms with van der Waals surface area (Å²) in [5, 5.41) is 0. The molecule has 5 nitrogen and oxygen atoms in total. The van der Waals surface area contributed by atoms with Gasteiger partial charge in [0.05, 0.1) is 20.3 Å². The van der Waals surface area contributed by atoms with E-state index in [2.05, 4.69) is 35.8 Å². The quantitative estimate of drug-likeness (QED) is 0.488. The minimum absolute atomic E-state index is 0.226. The molecule has 3 aliphatic rings. The Morgan fingerprint density at radius 2 is 2.00 bits per heavy atom. The smallest absolute Gasteiger partial charge is 0.231 e. The largest absolute Gasteiger partial charge is 0.493 e. The van der Waals surface area contributed by atoms with Gasteiger partial charge in [0.2, 0.25) is 6.79 Å². The van der Waals surface area contributed by atoms with Crippen LogP contribution >= 0.6 is 0 Å². The molecular formula is C25H27NO4. The molecule has 0 aromatic heterocycles. The first-order valence-electron chi connectivity index (χ1n) is 10.5. The molecule has 0 amide bonds. The van der Waals surface area contributed by atoms with E-state index in [0.29, 0.717) is 6.79 Å². The molecule has 3 heterocycles. The lowest BCUT2D eigenvalue weighted by Gasteiger charge is -2.43. The van der Waals surface area contributed by atoms with Crippen molar-refractivity contribution in [2.24, 2.45) is 0 Å². The number of nitrogens with zero attached hydrogens (tertiary/aromatic N) is 1. The molecule has 0 spiro atoms. The molecule has 30 heavy (non-hydrogen) atoms. The Hall–Kier alpha value is -3.08. The highest BCUT2D eigenvalue weighted by Crippen LogP contribution is 2.51. The van der Waals surface area contributed by atoms with Gasteiger partial charge in [0.25, 0.3) is 0 Å². The van der Waals surface area contributed by atoms with Crippen molar-refractivity contribution in [3.8, 4) is 23.0 Å². The van der Waals surface area contributed by atoms with Gasteiger partial charge in [-0.1, -0.05) is 12.1 Å². The van der Waals surface area contributed by atoms with Gasteiger partial charge in [0, 0.05) is 23.4 Å². The second kappa shape index (κ2) is 7.63. The molecule has 5 heteroatoms. The first-order chi connectivity index (χ1) is 14.7. The fourth-order valence-corrected chi connectivity index (χ4v) is 4.92. The van der Waals surface area contributed by atoms with Crippen molar-refractivity contribution in [3.63, 3.8) is 0 Å². The van der Waals surface area contributed by atoms with E-state index in [1.165, 1.54) is 28.0 Å². The number of unbranched alkanes of at least 4 members (excludes halogenated alkanes) is 1. The topological polar surface area (TPSA) is 40.2 Å². The normalized spacial score (nSPS) is 18.1. The minimum atomic E-state index is 0.226. The highest BCUT2D eigenvalue weighted by atomic mass is 16.7. The average molecular weight is 405 g/mol. The van der Waals surface area contributed by atoms with Crippen LogP contribution in [0.4, 0.5) is 0 Å². The summed E-state index contributed by atoms with van der Waals surface area (Å²) in [5.74, 6) is 3.30. The molecule has 1 unspecified atom stereocenters. The van der Waals surface area contributed by atoms with E-state index in [1.54, 1.807) is 14.2 Å². The lowest BCUT2D eigenvalue weighted by Crippen LogP contribution is -2.35. The summed E-state index contributed by atoms with van der Waals surface area (Å²) in [6, 6.07) is 8.65. The Bertz CT molecular complexity index is 1030. The summed E-state index contributed by atoms with van der Waals surface area (Å²) in [5.41, 5.74) is 6.20. The molecule has 0 saturated carbocycles. The van der Waals surface area contributed by atoms with E-state index in [4.69, 9.17) is 18.9 Å². The Morgan fingerprint density at radius 1 is 1.17 bits per heavy atom. The van der Waals surface area contributed by atoms with E-state index in [-0.39, 0.29) is 6.04 Å². The first kappa shape index (κ1) is 18.9. The molecule has 2 aromatic carbocycles. The summed E-state index contributed by atoms with van der Waals surface area (Å²) in [4.78, 5) is 2.53. The molecule has 3 aliphatic heterocycles. The Morgan fingerprint density at radius 3 is 2.77 bits per heavy atom. The van der Waals surface area contributed by atoms with Gasteiger partial charge < -0.3 is 23.8 Å². The van der Waals surface area contributed by atoms with Crippen molar-refractivity contribution in [2.45, 2.75) is 31.7 Å². The van der Waals surface area contributed by atoms with Gasteiger partial charge in [-0.2, -0.15) is 0 Å². The first-order valence-corrected chi connectivity index (χ1v) is 10.5. The number of hydrogen-bond acceptors (Lipinski definition) is 5. The highest BCUT2D eigenvalue weighted by molar-refractivity contribution is 5.88. The Kier molecular flexibility index (Phi) is 4.81. The van der Waals surface area contributed by atoms with Gasteiger partial charge in [-0.25, -0.2) is 0 Å². The van der Waals surface area contributed by atoms with Crippen LogP contribution < -0.4 is 18.9 Å². The summed E-state index contributed by atoms with van der Waals surface area (Å²) in [6.45, 7) is 5.15. The van der Waals surface area contributed by atoms with E-state index in [9.17, 15) is 0 Å².